The summed E-state index contributed by atoms with van der Waals surface area (Å²) in [5.41, 5.74) is 1.12. The van der Waals surface area contributed by atoms with Crippen molar-refractivity contribution in [3.05, 3.63) is 23.2 Å². The number of nitrogens with zero attached hydrogens (tertiary/aromatic N) is 1. The third-order valence-electron chi connectivity index (χ3n) is 2.58. The number of carbonyl (C=O) groups is 2. The average Bonchev–Trinajstić information content (AvgIpc) is 2.33. The molecule has 0 saturated heterocycles. The average molecular weight is 284 g/mol. The summed E-state index contributed by atoms with van der Waals surface area (Å²) in [5.74, 6) is -0.170. The molecular weight excluding hydrogens is 266 g/mol. The van der Waals surface area contributed by atoms with Crippen LogP contribution in [-0.2, 0) is 4.79 Å². The van der Waals surface area contributed by atoms with E-state index in [0.29, 0.717) is 29.5 Å². The van der Waals surface area contributed by atoms with E-state index in [4.69, 9.17) is 11.6 Å². The summed E-state index contributed by atoms with van der Waals surface area (Å²) in [6.45, 7) is 6.49. The van der Waals surface area contributed by atoms with Gasteiger partial charge in [0.2, 0.25) is 5.91 Å². The first-order chi connectivity index (χ1) is 8.97. The predicted octanol–water partition coefficient (Wildman–Crippen LogP) is 3.17. The lowest BCUT2D eigenvalue weighted by molar-refractivity contribution is -0.114. The van der Waals surface area contributed by atoms with Crippen LogP contribution in [0.5, 0.6) is 0 Å². The van der Waals surface area contributed by atoms with Crippen molar-refractivity contribution in [3.63, 3.8) is 0 Å². The molecule has 5 nitrogen and oxygen atoms in total. The number of amides is 3. The topological polar surface area (TPSA) is 61.4 Å². The minimum absolute atomic E-state index is 0.170. The fourth-order valence-electron chi connectivity index (χ4n) is 1.60. The van der Waals surface area contributed by atoms with Gasteiger partial charge in [0.15, 0.2) is 0 Å². The molecule has 1 aromatic carbocycles. The third-order valence-corrected chi connectivity index (χ3v) is 2.89. The Morgan fingerprint density at radius 2 is 1.84 bits per heavy atom. The van der Waals surface area contributed by atoms with Gasteiger partial charge in [-0.3, -0.25) is 4.79 Å². The van der Waals surface area contributed by atoms with Crippen LogP contribution in [0, 0.1) is 0 Å². The van der Waals surface area contributed by atoms with Crippen LogP contribution >= 0.6 is 11.6 Å². The van der Waals surface area contributed by atoms with Crippen molar-refractivity contribution >= 4 is 34.9 Å². The van der Waals surface area contributed by atoms with Gasteiger partial charge in [0, 0.05) is 25.7 Å². The number of anilines is 2. The van der Waals surface area contributed by atoms with Gasteiger partial charge in [-0.15, -0.1) is 0 Å². The van der Waals surface area contributed by atoms with Crippen LogP contribution in [0.4, 0.5) is 16.2 Å². The maximum absolute atomic E-state index is 11.9. The molecule has 0 unspecified atom stereocenters. The van der Waals surface area contributed by atoms with E-state index in [-0.39, 0.29) is 11.9 Å². The zero-order valence-electron chi connectivity index (χ0n) is 11.3. The highest BCUT2D eigenvalue weighted by molar-refractivity contribution is 6.34. The first-order valence-electron chi connectivity index (χ1n) is 6.11. The number of hydrogen-bond acceptors (Lipinski definition) is 2. The van der Waals surface area contributed by atoms with E-state index in [1.54, 1.807) is 23.1 Å². The maximum atomic E-state index is 11.9. The molecule has 0 saturated carbocycles. The Hall–Kier alpha value is -1.75. The molecule has 0 fully saturated rings. The van der Waals surface area contributed by atoms with Gasteiger partial charge >= 0.3 is 6.03 Å². The number of halogens is 1. The number of rotatable bonds is 4. The van der Waals surface area contributed by atoms with Gasteiger partial charge in [0.1, 0.15) is 0 Å². The Labute approximate surface area is 117 Å². The molecule has 1 rings (SSSR count). The van der Waals surface area contributed by atoms with Gasteiger partial charge in [0.25, 0.3) is 0 Å². The smallest absolute Gasteiger partial charge is 0.321 e. The van der Waals surface area contributed by atoms with Crippen molar-refractivity contribution in [1.82, 2.24) is 4.90 Å². The van der Waals surface area contributed by atoms with Crippen LogP contribution in [0.2, 0.25) is 5.02 Å². The van der Waals surface area contributed by atoms with Gasteiger partial charge in [-0.1, -0.05) is 11.6 Å². The molecule has 3 amide bonds. The lowest BCUT2D eigenvalue weighted by atomic mass is 10.2. The summed E-state index contributed by atoms with van der Waals surface area (Å²) in [6, 6.07) is 4.75. The zero-order valence-corrected chi connectivity index (χ0v) is 12.0. The van der Waals surface area contributed by atoms with Crippen LogP contribution in [0.3, 0.4) is 0 Å². The molecule has 0 radical (unpaired) electrons. The summed E-state index contributed by atoms with van der Waals surface area (Å²) >= 11 is 6.06. The van der Waals surface area contributed by atoms with E-state index in [1.165, 1.54) is 6.92 Å². The van der Waals surface area contributed by atoms with Crippen molar-refractivity contribution in [2.75, 3.05) is 23.7 Å². The van der Waals surface area contributed by atoms with Crippen LogP contribution in [0.15, 0.2) is 18.2 Å². The van der Waals surface area contributed by atoms with E-state index in [1.807, 2.05) is 13.8 Å². The number of benzene rings is 1. The van der Waals surface area contributed by atoms with E-state index in [0.717, 1.165) is 0 Å². The number of nitrogens with one attached hydrogen (secondary N) is 2. The molecule has 1 aromatic rings. The molecule has 0 aliphatic heterocycles. The summed E-state index contributed by atoms with van der Waals surface area (Å²) in [6.07, 6.45) is 0. The van der Waals surface area contributed by atoms with Crippen molar-refractivity contribution in [2.45, 2.75) is 20.8 Å². The molecular formula is C13H18ClN3O2. The quantitative estimate of drug-likeness (QED) is 0.891. The molecule has 6 heteroatoms. The van der Waals surface area contributed by atoms with Crippen molar-refractivity contribution in [2.24, 2.45) is 0 Å². The lowest BCUT2D eigenvalue weighted by Crippen LogP contribution is -2.34. The second-order valence-corrected chi connectivity index (χ2v) is 4.39. The van der Waals surface area contributed by atoms with Crippen LogP contribution in [0.25, 0.3) is 0 Å². The molecule has 2 N–H and O–H groups in total. The molecule has 19 heavy (non-hydrogen) atoms. The standard InChI is InChI=1S/C13H18ClN3O2/c1-4-17(5-2)13(19)16-12-7-6-10(8-11(12)14)15-9(3)18/h6-8H,4-5H2,1-3H3,(H,15,18)(H,16,19). The molecule has 0 heterocycles. The monoisotopic (exact) mass is 283 g/mol. The Morgan fingerprint density at radius 1 is 1.21 bits per heavy atom. The summed E-state index contributed by atoms with van der Waals surface area (Å²) in [5, 5.41) is 5.74. The van der Waals surface area contributed by atoms with E-state index < -0.39 is 0 Å². The molecule has 0 aromatic heterocycles. The molecule has 104 valence electrons. The maximum Gasteiger partial charge on any atom is 0.321 e. The minimum atomic E-state index is -0.195. The highest BCUT2D eigenvalue weighted by atomic mass is 35.5. The van der Waals surface area contributed by atoms with Crippen LogP contribution < -0.4 is 10.6 Å². The molecule has 0 spiro atoms. The fraction of sp³-hybridized carbons (Fsp3) is 0.385. The Morgan fingerprint density at radius 3 is 2.32 bits per heavy atom. The largest absolute Gasteiger partial charge is 0.326 e. The second kappa shape index (κ2) is 6.99. The number of hydrogen-bond donors (Lipinski definition) is 2. The van der Waals surface area contributed by atoms with Gasteiger partial charge in [0.05, 0.1) is 10.7 Å². The highest BCUT2D eigenvalue weighted by Crippen LogP contribution is 2.25. The summed E-state index contributed by atoms with van der Waals surface area (Å²) in [4.78, 5) is 24.5. The third kappa shape index (κ3) is 4.44. The molecule has 0 aliphatic carbocycles. The van der Waals surface area contributed by atoms with Crippen molar-refractivity contribution < 1.29 is 9.59 Å². The van der Waals surface area contributed by atoms with Gasteiger partial charge in [-0.2, -0.15) is 0 Å². The first kappa shape index (κ1) is 15.3. The van der Waals surface area contributed by atoms with Gasteiger partial charge in [-0.05, 0) is 32.0 Å². The van der Waals surface area contributed by atoms with E-state index in [2.05, 4.69) is 10.6 Å². The normalized spacial score (nSPS) is 9.89. The summed E-state index contributed by atoms with van der Waals surface area (Å²) < 4.78 is 0. The Balaban J connectivity index is 2.80. The van der Waals surface area contributed by atoms with E-state index in [9.17, 15) is 9.59 Å². The Kier molecular flexibility index (Phi) is 5.63. The molecule has 0 aliphatic rings. The second-order valence-electron chi connectivity index (χ2n) is 3.98. The molecule has 0 atom stereocenters. The van der Waals surface area contributed by atoms with Gasteiger partial charge < -0.3 is 15.5 Å². The van der Waals surface area contributed by atoms with Crippen LogP contribution in [0.1, 0.15) is 20.8 Å². The van der Waals surface area contributed by atoms with Crippen LogP contribution in [-0.4, -0.2) is 29.9 Å². The Bertz CT molecular complexity index is 473. The van der Waals surface area contributed by atoms with Crippen molar-refractivity contribution in [3.8, 4) is 0 Å². The SMILES string of the molecule is CCN(CC)C(=O)Nc1ccc(NC(C)=O)cc1Cl. The first-order valence-corrected chi connectivity index (χ1v) is 6.48. The molecule has 0 bridgehead atoms. The lowest BCUT2D eigenvalue weighted by Gasteiger charge is -2.19. The van der Waals surface area contributed by atoms with E-state index >= 15 is 0 Å². The number of carbonyl (C=O) groups excluding carboxylic acids is 2. The summed E-state index contributed by atoms with van der Waals surface area (Å²) in [7, 11) is 0. The van der Waals surface area contributed by atoms with Crippen molar-refractivity contribution in [1.29, 1.82) is 0 Å². The zero-order chi connectivity index (χ0) is 14.4. The van der Waals surface area contributed by atoms with Gasteiger partial charge in [-0.25, -0.2) is 4.79 Å². The predicted molar refractivity (Wildman–Crippen MR) is 77.7 cm³/mol. The highest BCUT2D eigenvalue weighted by Gasteiger charge is 2.11. The number of urea groups is 1. The fourth-order valence-corrected chi connectivity index (χ4v) is 1.83. The minimum Gasteiger partial charge on any atom is -0.326 e.